The standard InChI is InChI=1S/C16H23N3O/c1-4-9-20-13-5-6-15-14(10-13)18-16(7-8-17)19(15)11-12(2)3/h5-6,10H,2,4,7-9,11,17H2,1,3H3. The lowest BCUT2D eigenvalue weighted by molar-refractivity contribution is 0.318. The van der Waals surface area contributed by atoms with Gasteiger partial charge in [0, 0.05) is 19.0 Å². The first-order valence-corrected chi connectivity index (χ1v) is 7.12. The van der Waals surface area contributed by atoms with Crippen molar-refractivity contribution >= 4 is 11.0 Å². The van der Waals surface area contributed by atoms with Gasteiger partial charge in [0.25, 0.3) is 0 Å². The molecule has 0 spiro atoms. The summed E-state index contributed by atoms with van der Waals surface area (Å²) in [5.74, 6) is 1.89. The highest BCUT2D eigenvalue weighted by Crippen LogP contribution is 2.23. The van der Waals surface area contributed by atoms with E-state index >= 15 is 0 Å². The molecule has 0 radical (unpaired) electrons. The van der Waals surface area contributed by atoms with Crippen molar-refractivity contribution in [2.24, 2.45) is 5.73 Å². The zero-order valence-corrected chi connectivity index (χ0v) is 12.4. The largest absolute Gasteiger partial charge is 0.494 e. The predicted molar refractivity (Wildman–Crippen MR) is 83.1 cm³/mol. The summed E-state index contributed by atoms with van der Waals surface area (Å²) < 4.78 is 7.85. The molecule has 0 saturated carbocycles. The molecule has 4 nitrogen and oxygen atoms in total. The molecule has 1 aromatic carbocycles. The second-order valence-electron chi connectivity index (χ2n) is 5.11. The van der Waals surface area contributed by atoms with Crippen LogP contribution in [-0.4, -0.2) is 22.7 Å². The number of allylic oxidation sites excluding steroid dienone is 1. The summed E-state index contributed by atoms with van der Waals surface area (Å²) in [7, 11) is 0. The van der Waals surface area contributed by atoms with Gasteiger partial charge in [-0.05, 0) is 32.0 Å². The Morgan fingerprint density at radius 2 is 2.25 bits per heavy atom. The molecular weight excluding hydrogens is 250 g/mol. The third kappa shape index (κ3) is 3.20. The van der Waals surface area contributed by atoms with Gasteiger partial charge in [-0.1, -0.05) is 19.1 Å². The Labute approximate surface area is 120 Å². The van der Waals surface area contributed by atoms with Crippen LogP contribution in [0.3, 0.4) is 0 Å². The van der Waals surface area contributed by atoms with Crippen molar-refractivity contribution in [3.8, 4) is 5.75 Å². The van der Waals surface area contributed by atoms with Gasteiger partial charge in [-0.2, -0.15) is 0 Å². The van der Waals surface area contributed by atoms with Crippen LogP contribution in [0.25, 0.3) is 11.0 Å². The van der Waals surface area contributed by atoms with Crippen molar-refractivity contribution < 1.29 is 4.74 Å². The first kappa shape index (κ1) is 14.6. The lowest BCUT2D eigenvalue weighted by Crippen LogP contribution is -2.10. The molecule has 2 aromatic rings. The number of hydrogen-bond acceptors (Lipinski definition) is 3. The Kier molecular flexibility index (Phi) is 4.79. The van der Waals surface area contributed by atoms with E-state index in [9.17, 15) is 0 Å². The fourth-order valence-corrected chi connectivity index (χ4v) is 2.24. The van der Waals surface area contributed by atoms with Crippen LogP contribution in [0.15, 0.2) is 30.4 Å². The maximum absolute atomic E-state index is 5.68. The molecule has 20 heavy (non-hydrogen) atoms. The average Bonchev–Trinajstić information content (AvgIpc) is 2.74. The Bertz CT molecular complexity index is 601. The number of fused-ring (bicyclic) bond motifs is 1. The molecule has 2 N–H and O–H groups in total. The van der Waals surface area contributed by atoms with E-state index in [1.54, 1.807) is 0 Å². The Morgan fingerprint density at radius 1 is 1.45 bits per heavy atom. The van der Waals surface area contributed by atoms with E-state index in [1.807, 2.05) is 19.1 Å². The van der Waals surface area contributed by atoms with Gasteiger partial charge < -0.3 is 15.0 Å². The third-order valence-electron chi connectivity index (χ3n) is 3.07. The van der Waals surface area contributed by atoms with Crippen LogP contribution < -0.4 is 10.5 Å². The highest BCUT2D eigenvalue weighted by atomic mass is 16.5. The van der Waals surface area contributed by atoms with Crippen molar-refractivity contribution in [3.63, 3.8) is 0 Å². The zero-order valence-electron chi connectivity index (χ0n) is 12.4. The van der Waals surface area contributed by atoms with E-state index in [1.165, 1.54) is 0 Å². The van der Waals surface area contributed by atoms with Gasteiger partial charge in [0.2, 0.25) is 0 Å². The molecule has 1 aromatic heterocycles. The number of nitrogens with two attached hydrogens (primary N) is 1. The van der Waals surface area contributed by atoms with Crippen molar-refractivity contribution in [1.82, 2.24) is 9.55 Å². The molecule has 108 valence electrons. The van der Waals surface area contributed by atoms with E-state index in [0.717, 1.165) is 54.2 Å². The minimum Gasteiger partial charge on any atom is -0.494 e. The van der Waals surface area contributed by atoms with E-state index in [4.69, 9.17) is 10.5 Å². The van der Waals surface area contributed by atoms with Crippen LogP contribution in [0.5, 0.6) is 5.75 Å². The van der Waals surface area contributed by atoms with Crippen molar-refractivity contribution in [2.45, 2.75) is 33.2 Å². The highest BCUT2D eigenvalue weighted by Gasteiger charge is 2.11. The SMILES string of the molecule is C=C(C)Cn1c(CCN)nc2cc(OCCC)ccc21. The molecule has 0 bridgehead atoms. The molecule has 4 heteroatoms. The molecule has 0 amide bonds. The van der Waals surface area contributed by atoms with Crippen LogP contribution in [0.4, 0.5) is 0 Å². The van der Waals surface area contributed by atoms with Crippen molar-refractivity contribution in [3.05, 3.63) is 36.2 Å². The van der Waals surface area contributed by atoms with Gasteiger partial charge >= 0.3 is 0 Å². The number of imidazole rings is 1. The molecule has 0 aliphatic heterocycles. The molecular formula is C16H23N3O. The van der Waals surface area contributed by atoms with Gasteiger partial charge in [-0.25, -0.2) is 4.98 Å². The van der Waals surface area contributed by atoms with Gasteiger partial charge in [0.1, 0.15) is 11.6 Å². The second-order valence-corrected chi connectivity index (χ2v) is 5.11. The number of nitrogens with zero attached hydrogens (tertiary/aromatic N) is 2. The number of hydrogen-bond donors (Lipinski definition) is 1. The van der Waals surface area contributed by atoms with E-state index in [2.05, 4.69) is 29.1 Å². The molecule has 0 saturated heterocycles. The van der Waals surface area contributed by atoms with Crippen LogP contribution >= 0.6 is 0 Å². The topological polar surface area (TPSA) is 53.1 Å². The monoisotopic (exact) mass is 273 g/mol. The summed E-state index contributed by atoms with van der Waals surface area (Å²) in [6.45, 7) is 10.2. The fourth-order valence-electron chi connectivity index (χ4n) is 2.24. The number of ether oxygens (including phenoxy) is 1. The maximum atomic E-state index is 5.68. The Hall–Kier alpha value is -1.81. The summed E-state index contributed by atoms with van der Waals surface area (Å²) in [6.07, 6.45) is 1.77. The van der Waals surface area contributed by atoms with Crippen molar-refractivity contribution in [1.29, 1.82) is 0 Å². The third-order valence-corrected chi connectivity index (χ3v) is 3.07. The molecule has 0 fully saturated rings. The van der Waals surface area contributed by atoms with Crippen LogP contribution in [0.1, 0.15) is 26.1 Å². The summed E-state index contributed by atoms with van der Waals surface area (Å²) >= 11 is 0. The molecule has 0 aliphatic carbocycles. The van der Waals surface area contributed by atoms with Crippen LogP contribution in [0.2, 0.25) is 0 Å². The molecule has 0 atom stereocenters. The van der Waals surface area contributed by atoms with E-state index in [0.29, 0.717) is 6.54 Å². The molecule has 1 heterocycles. The average molecular weight is 273 g/mol. The first-order chi connectivity index (χ1) is 9.65. The van der Waals surface area contributed by atoms with Gasteiger partial charge in [-0.15, -0.1) is 0 Å². The number of aromatic nitrogens is 2. The van der Waals surface area contributed by atoms with Gasteiger partial charge in [0.15, 0.2) is 0 Å². The molecule has 0 aliphatic rings. The summed E-state index contributed by atoms with van der Waals surface area (Å²) in [6, 6.07) is 6.07. The Balaban J connectivity index is 2.41. The first-order valence-electron chi connectivity index (χ1n) is 7.12. The fraction of sp³-hybridized carbons (Fsp3) is 0.438. The van der Waals surface area contributed by atoms with Gasteiger partial charge in [0.05, 0.1) is 17.6 Å². The summed E-state index contributed by atoms with van der Waals surface area (Å²) in [5, 5.41) is 0. The molecule has 2 rings (SSSR count). The van der Waals surface area contributed by atoms with Crippen LogP contribution in [0, 0.1) is 0 Å². The number of rotatable bonds is 7. The second kappa shape index (κ2) is 6.57. The minimum absolute atomic E-state index is 0.596. The summed E-state index contributed by atoms with van der Waals surface area (Å²) in [5.41, 5.74) is 8.86. The zero-order chi connectivity index (χ0) is 14.5. The van der Waals surface area contributed by atoms with E-state index in [-0.39, 0.29) is 0 Å². The lowest BCUT2D eigenvalue weighted by atomic mass is 10.2. The minimum atomic E-state index is 0.596. The van der Waals surface area contributed by atoms with Gasteiger partial charge in [-0.3, -0.25) is 0 Å². The quantitative estimate of drug-likeness (QED) is 0.789. The predicted octanol–water partition coefficient (Wildman–Crippen LogP) is 2.90. The lowest BCUT2D eigenvalue weighted by Gasteiger charge is -2.08. The Morgan fingerprint density at radius 3 is 2.90 bits per heavy atom. The van der Waals surface area contributed by atoms with E-state index < -0.39 is 0 Å². The number of benzene rings is 1. The highest BCUT2D eigenvalue weighted by molar-refractivity contribution is 5.78. The smallest absolute Gasteiger partial charge is 0.121 e. The molecule has 0 unspecified atom stereocenters. The van der Waals surface area contributed by atoms with Crippen LogP contribution in [-0.2, 0) is 13.0 Å². The summed E-state index contributed by atoms with van der Waals surface area (Å²) in [4.78, 5) is 4.69. The van der Waals surface area contributed by atoms with Crippen molar-refractivity contribution in [2.75, 3.05) is 13.2 Å². The normalized spacial score (nSPS) is 10.9. The maximum Gasteiger partial charge on any atom is 0.121 e.